The average molecular weight is 290 g/mol. The summed E-state index contributed by atoms with van der Waals surface area (Å²) in [6.45, 7) is 0.532. The summed E-state index contributed by atoms with van der Waals surface area (Å²) in [6, 6.07) is 4.18. The van der Waals surface area contributed by atoms with Crippen LogP contribution in [0.3, 0.4) is 0 Å². The number of rotatable bonds is 5. The lowest BCUT2D eigenvalue weighted by Crippen LogP contribution is -2.23. The zero-order chi connectivity index (χ0) is 14.1. The van der Waals surface area contributed by atoms with E-state index in [4.69, 9.17) is 5.11 Å². The molecule has 0 atom stereocenters. The Balaban J connectivity index is 1.75. The van der Waals surface area contributed by atoms with Crippen molar-refractivity contribution in [2.24, 2.45) is 0 Å². The molecule has 1 saturated carbocycles. The molecule has 0 bridgehead atoms. The number of carbonyl (C=O) groups is 1. The van der Waals surface area contributed by atoms with Gasteiger partial charge in [0.2, 0.25) is 0 Å². The third kappa shape index (κ3) is 2.75. The molecule has 0 spiro atoms. The Morgan fingerprint density at radius 2 is 2.20 bits per heavy atom. The van der Waals surface area contributed by atoms with Crippen molar-refractivity contribution in [1.29, 1.82) is 0 Å². The van der Waals surface area contributed by atoms with Crippen LogP contribution in [0.4, 0.5) is 0 Å². The summed E-state index contributed by atoms with van der Waals surface area (Å²) in [6.07, 6.45) is 8.52. The molecule has 20 heavy (non-hydrogen) atoms. The Bertz CT molecular complexity index is 719. The third-order valence-corrected chi connectivity index (χ3v) is 4.25. The number of hydrogen-bond donors (Lipinski definition) is 1. The molecule has 0 aromatic carbocycles. The van der Waals surface area contributed by atoms with E-state index in [1.807, 2.05) is 24.5 Å². The van der Waals surface area contributed by atoms with Crippen LogP contribution in [0.2, 0.25) is 0 Å². The van der Waals surface area contributed by atoms with Crippen molar-refractivity contribution < 1.29 is 9.90 Å². The molecule has 0 amide bonds. The number of aliphatic carboxylic acids is 1. The number of imidazole rings is 1. The quantitative estimate of drug-likeness (QED) is 0.859. The zero-order valence-electron chi connectivity index (χ0n) is 10.7. The van der Waals surface area contributed by atoms with Crippen LogP contribution in [0.5, 0.6) is 0 Å². The number of nitrogens with zero attached hydrogens (tertiary/aromatic N) is 2. The molecule has 0 radical (unpaired) electrons. The first kappa shape index (κ1) is 12.9. The van der Waals surface area contributed by atoms with Gasteiger partial charge in [-0.05, 0) is 31.1 Å². The molecular weight excluding hydrogens is 276 g/mol. The molecule has 2 aromatic heterocycles. The maximum atomic E-state index is 12.1. The lowest BCUT2D eigenvalue weighted by molar-refractivity contribution is -0.131. The summed E-state index contributed by atoms with van der Waals surface area (Å²) in [4.78, 5) is 24.5. The van der Waals surface area contributed by atoms with Crippen molar-refractivity contribution in [2.45, 2.75) is 25.4 Å². The second kappa shape index (κ2) is 5.13. The van der Waals surface area contributed by atoms with E-state index in [1.165, 1.54) is 11.3 Å². The van der Waals surface area contributed by atoms with Gasteiger partial charge in [-0.2, -0.15) is 0 Å². The fraction of sp³-hybridized carbons (Fsp3) is 0.286. The van der Waals surface area contributed by atoms with Gasteiger partial charge < -0.3 is 5.11 Å². The second-order valence-electron chi connectivity index (χ2n) is 4.82. The van der Waals surface area contributed by atoms with Gasteiger partial charge in [-0.1, -0.05) is 0 Å². The molecule has 6 heteroatoms. The monoisotopic (exact) mass is 290 g/mol. The summed E-state index contributed by atoms with van der Waals surface area (Å²) < 4.78 is 3.48. The smallest absolute Gasteiger partial charge is 0.328 e. The summed E-state index contributed by atoms with van der Waals surface area (Å²) in [5.41, 5.74) is 0.0310. The number of aromatic nitrogens is 2. The molecular formula is C14H14N2O3S. The fourth-order valence-electron chi connectivity index (χ4n) is 2.07. The van der Waals surface area contributed by atoms with Crippen LogP contribution >= 0.6 is 11.3 Å². The second-order valence-corrected chi connectivity index (χ2v) is 6.02. The minimum absolute atomic E-state index is 0.0310. The predicted octanol–water partition coefficient (Wildman–Crippen LogP) is 2.19. The first-order chi connectivity index (χ1) is 9.63. The van der Waals surface area contributed by atoms with Crippen molar-refractivity contribution in [1.82, 2.24) is 9.13 Å². The summed E-state index contributed by atoms with van der Waals surface area (Å²) in [5.74, 6) is -0.960. The van der Waals surface area contributed by atoms with Gasteiger partial charge in [0, 0.05) is 34.3 Å². The lowest BCUT2D eigenvalue weighted by atomic mass is 10.4. The van der Waals surface area contributed by atoms with Gasteiger partial charge >= 0.3 is 11.7 Å². The molecule has 1 aliphatic carbocycles. The van der Waals surface area contributed by atoms with Crippen LogP contribution in [0, 0.1) is 0 Å². The highest BCUT2D eigenvalue weighted by atomic mass is 32.1. The van der Waals surface area contributed by atoms with Gasteiger partial charge in [0.05, 0.1) is 6.54 Å². The van der Waals surface area contributed by atoms with Gasteiger partial charge in [0.1, 0.15) is 0 Å². The molecule has 1 aliphatic rings. The average Bonchev–Trinajstić information content (AvgIpc) is 3.05. The minimum atomic E-state index is -0.960. The Morgan fingerprint density at radius 3 is 2.90 bits per heavy atom. The van der Waals surface area contributed by atoms with E-state index in [0.29, 0.717) is 12.6 Å². The summed E-state index contributed by atoms with van der Waals surface area (Å²) >= 11 is 1.49. The Kier molecular flexibility index (Phi) is 3.31. The summed E-state index contributed by atoms with van der Waals surface area (Å²) in [7, 11) is 0. The predicted molar refractivity (Wildman–Crippen MR) is 77.1 cm³/mol. The first-order valence-corrected chi connectivity index (χ1v) is 7.22. The van der Waals surface area contributed by atoms with E-state index in [0.717, 1.165) is 28.7 Å². The molecule has 5 nitrogen and oxygen atoms in total. The number of thiophene rings is 1. The van der Waals surface area contributed by atoms with E-state index < -0.39 is 5.97 Å². The molecule has 2 aromatic rings. The molecule has 0 unspecified atom stereocenters. The standard InChI is InChI=1S/C14H14N2O3S/c17-13(18)6-5-11-3-4-12(20-11)9-15-7-8-16(14(15)19)10-1-2-10/h3-8,10H,1-2,9H2,(H,17,18)/b6-5+. The highest BCUT2D eigenvalue weighted by molar-refractivity contribution is 7.12. The van der Waals surface area contributed by atoms with Crippen LogP contribution in [-0.2, 0) is 11.3 Å². The van der Waals surface area contributed by atoms with Crippen molar-refractivity contribution in [3.63, 3.8) is 0 Å². The Hall–Kier alpha value is -2.08. The SMILES string of the molecule is O=C(O)/C=C/c1ccc(Cn2ccn(C3CC3)c2=O)s1. The number of hydrogen-bond acceptors (Lipinski definition) is 3. The Morgan fingerprint density at radius 1 is 1.40 bits per heavy atom. The van der Waals surface area contributed by atoms with E-state index in [-0.39, 0.29) is 5.69 Å². The zero-order valence-corrected chi connectivity index (χ0v) is 11.5. The van der Waals surface area contributed by atoms with E-state index >= 15 is 0 Å². The van der Waals surface area contributed by atoms with E-state index in [1.54, 1.807) is 15.2 Å². The molecule has 0 saturated heterocycles. The van der Waals surface area contributed by atoms with Gasteiger partial charge in [-0.25, -0.2) is 9.59 Å². The fourth-order valence-corrected chi connectivity index (χ4v) is 2.98. The summed E-state index contributed by atoms with van der Waals surface area (Å²) in [5, 5.41) is 8.58. The van der Waals surface area contributed by atoms with Crippen LogP contribution in [0.1, 0.15) is 28.6 Å². The maximum Gasteiger partial charge on any atom is 0.328 e. The van der Waals surface area contributed by atoms with Crippen molar-refractivity contribution in [3.8, 4) is 0 Å². The number of carboxylic acids is 1. The van der Waals surface area contributed by atoms with Gasteiger partial charge in [-0.15, -0.1) is 11.3 Å². The number of carboxylic acid groups (broad SMARTS) is 1. The largest absolute Gasteiger partial charge is 0.478 e. The minimum Gasteiger partial charge on any atom is -0.478 e. The molecule has 3 rings (SSSR count). The molecule has 1 fully saturated rings. The normalized spacial score (nSPS) is 15.0. The van der Waals surface area contributed by atoms with Crippen LogP contribution in [0.15, 0.2) is 35.4 Å². The lowest BCUT2D eigenvalue weighted by Gasteiger charge is -1.98. The van der Waals surface area contributed by atoms with E-state index in [2.05, 4.69) is 0 Å². The maximum absolute atomic E-state index is 12.1. The highest BCUT2D eigenvalue weighted by Gasteiger charge is 2.25. The van der Waals surface area contributed by atoms with Gasteiger partial charge in [0.25, 0.3) is 0 Å². The Labute approximate surface area is 119 Å². The molecule has 2 heterocycles. The van der Waals surface area contributed by atoms with Crippen LogP contribution < -0.4 is 5.69 Å². The van der Waals surface area contributed by atoms with Crippen molar-refractivity contribution in [3.05, 3.63) is 50.8 Å². The highest BCUT2D eigenvalue weighted by Crippen LogP contribution is 2.33. The first-order valence-electron chi connectivity index (χ1n) is 6.40. The van der Waals surface area contributed by atoms with Gasteiger partial charge in [0.15, 0.2) is 0 Å². The molecule has 1 N–H and O–H groups in total. The van der Waals surface area contributed by atoms with Crippen LogP contribution in [-0.4, -0.2) is 20.2 Å². The topological polar surface area (TPSA) is 64.2 Å². The van der Waals surface area contributed by atoms with Crippen LogP contribution in [0.25, 0.3) is 6.08 Å². The van der Waals surface area contributed by atoms with E-state index in [9.17, 15) is 9.59 Å². The van der Waals surface area contributed by atoms with Gasteiger partial charge in [-0.3, -0.25) is 9.13 Å². The van der Waals surface area contributed by atoms with Crippen molar-refractivity contribution >= 4 is 23.4 Å². The molecule has 104 valence electrons. The molecule has 0 aliphatic heterocycles. The van der Waals surface area contributed by atoms with Crippen molar-refractivity contribution in [2.75, 3.05) is 0 Å². The third-order valence-electron chi connectivity index (χ3n) is 3.21.